The fourth-order valence-electron chi connectivity index (χ4n) is 9.58. The molecule has 7 heterocycles. The zero-order valence-corrected chi connectivity index (χ0v) is 35.2. The van der Waals surface area contributed by atoms with Gasteiger partial charge in [-0.05, 0) is 87.2 Å². The Morgan fingerprint density at radius 1 is 1.00 bits per heavy atom. The van der Waals surface area contributed by atoms with Crippen molar-refractivity contribution in [1.82, 2.24) is 34.9 Å². The first kappa shape index (κ1) is 41.2. The lowest BCUT2D eigenvalue weighted by atomic mass is 9.92. The number of ether oxygens (including phenoxy) is 1. The van der Waals surface area contributed by atoms with Gasteiger partial charge >= 0.3 is 6.03 Å². The highest BCUT2D eigenvalue weighted by molar-refractivity contribution is 6.06. The van der Waals surface area contributed by atoms with Crippen LogP contribution in [0.25, 0.3) is 22.3 Å². The molecule has 0 aliphatic carbocycles. The number of nitrogen functional groups attached to an aromatic ring is 1. The summed E-state index contributed by atoms with van der Waals surface area (Å²) in [6, 6.07) is 18.1. The molecule has 3 aromatic heterocycles. The van der Waals surface area contributed by atoms with Crippen molar-refractivity contribution in [1.29, 1.82) is 0 Å². The summed E-state index contributed by atoms with van der Waals surface area (Å²) in [4.78, 5) is 50.3. The van der Waals surface area contributed by atoms with E-state index in [0.717, 1.165) is 54.5 Å². The summed E-state index contributed by atoms with van der Waals surface area (Å²) in [5.74, 6) is 0.0231. The van der Waals surface area contributed by atoms with Crippen LogP contribution in [0, 0.1) is 6.92 Å². The van der Waals surface area contributed by atoms with Crippen molar-refractivity contribution in [2.24, 2.45) is 0 Å². The Bertz CT molecular complexity index is 2490. The van der Waals surface area contributed by atoms with E-state index in [4.69, 9.17) is 15.5 Å². The molecule has 0 bridgehead atoms. The van der Waals surface area contributed by atoms with E-state index in [0.29, 0.717) is 67.5 Å². The molecule has 16 heteroatoms. The number of para-hydroxylation sites is 1. The molecule has 5 aromatic rings. The molecule has 0 saturated carbocycles. The van der Waals surface area contributed by atoms with Crippen LogP contribution in [0.5, 0.6) is 5.75 Å². The fraction of sp³-hybridized carbons (Fsp3) is 0.435. The number of aromatic nitrogens is 4. The summed E-state index contributed by atoms with van der Waals surface area (Å²) in [5, 5.41) is 22.2. The number of anilines is 3. The largest absolute Gasteiger partial charge is 0.507 e. The minimum absolute atomic E-state index is 0.104. The van der Waals surface area contributed by atoms with Gasteiger partial charge < -0.3 is 34.8 Å². The number of urea groups is 1. The van der Waals surface area contributed by atoms with Gasteiger partial charge in [-0.15, -0.1) is 10.2 Å². The number of fused-ring (bicyclic) bond motifs is 1. The number of hydrogen-bond acceptors (Lipinski definition) is 11. The molecule has 62 heavy (non-hydrogen) atoms. The Balaban J connectivity index is 0.786. The highest BCUT2D eigenvalue weighted by Gasteiger charge is 2.38. The SMILES string of the molecule is Cc1cn([C@H]2CCCN(CC3(F)CCN(C(=O)c4ccc([C@@H]5CN(c6cc(-c7ccccc7O)nnc6N)C[C@H](C)O5)cc4)CC3)CC2)c2ncc(N3CCC(=O)NC3=O)cc12. The van der Waals surface area contributed by atoms with E-state index < -0.39 is 11.7 Å². The summed E-state index contributed by atoms with van der Waals surface area (Å²) in [5.41, 5.74) is 10.8. The number of aromatic hydroxyl groups is 1. The molecule has 0 spiro atoms. The second-order valence-corrected chi connectivity index (χ2v) is 17.3. The van der Waals surface area contributed by atoms with Crippen LogP contribution in [0.3, 0.4) is 0 Å². The summed E-state index contributed by atoms with van der Waals surface area (Å²) in [6.45, 7) is 8.08. The number of nitrogens with zero attached hydrogens (tertiary/aromatic N) is 8. The topological polar surface area (TPSA) is 175 Å². The van der Waals surface area contributed by atoms with Crippen LogP contribution in [-0.2, 0) is 9.53 Å². The number of likely N-dealkylation sites (tertiary alicyclic amines) is 2. The molecule has 9 rings (SSSR count). The van der Waals surface area contributed by atoms with Crippen molar-refractivity contribution >= 4 is 46.1 Å². The molecule has 4 amide bonds. The first-order valence-electron chi connectivity index (χ1n) is 21.6. The highest BCUT2D eigenvalue weighted by Crippen LogP contribution is 2.37. The average molecular weight is 845 g/mol. The monoisotopic (exact) mass is 844 g/mol. The molecular formula is C46H53FN10O5. The van der Waals surface area contributed by atoms with Crippen molar-refractivity contribution in [3.63, 3.8) is 0 Å². The lowest BCUT2D eigenvalue weighted by Crippen LogP contribution is -2.50. The normalized spacial score (nSPS) is 22.4. The van der Waals surface area contributed by atoms with E-state index in [1.807, 2.05) is 56.3 Å². The number of imide groups is 1. The van der Waals surface area contributed by atoms with Gasteiger partial charge in [-0.25, -0.2) is 14.2 Å². The molecular weight excluding hydrogens is 792 g/mol. The van der Waals surface area contributed by atoms with Crippen LogP contribution in [-0.4, -0.2) is 117 Å². The Kier molecular flexibility index (Phi) is 11.3. The first-order valence-corrected chi connectivity index (χ1v) is 21.6. The summed E-state index contributed by atoms with van der Waals surface area (Å²) in [7, 11) is 0. The number of halogens is 1. The number of nitrogens with one attached hydrogen (secondary N) is 1. The van der Waals surface area contributed by atoms with Crippen LogP contribution in [0.15, 0.2) is 73.1 Å². The first-order chi connectivity index (χ1) is 29.9. The van der Waals surface area contributed by atoms with Gasteiger partial charge in [-0.2, -0.15) is 0 Å². The molecule has 0 radical (unpaired) electrons. The van der Waals surface area contributed by atoms with Crippen molar-refractivity contribution < 1.29 is 28.6 Å². The van der Waals surface area contributed by atoms with Crippen molar-refractivity contribution in [3.05, 3.63) is 89.7 Å². The maximum absolute atomic E-state index is 16.5. The van der Waals surface area contributed by atoms with Crippen LogP contribution in [0.1, 0.15) is 79.1 Å². The molecule has 4 aliphatic rings. The van der Waals surface area contributed by atoms with Gasteiger partial charge in [0, 0.05) is 93.8 Å². The number of carbonyl (C=O) groups excluding carboxylic acids is 3. The van der Waals surface area contributed by atoms with Gasteiger partial charge in [0.1, 0.15) is 23.2 Å². The van der Waals surface area contributed by atoms with E-state index in [2.05, 4.69) is 36.1 Å². The van der Waals surface area contributed by atoms with E-state index in [9.17, 15) is 19.5 Å². The van der Waals surface area contributed by atoms with Crippen LogP contribution in [0.2, 0.25) is 0 Å². The standard InChI is InChI=1S/C46H53FN10O5/c1-29-25-57(43-36(29)22-34(24-49-43)56-19-14-41(59)50-45(56)61)33-6-5-17-53(18-13-33)28-46(47)15-20-54(21-16-46)44(60)32-11-9-31(10-12-32)40-27-55(26-30(2)62-40)38-23-37(51-52-42(38)48)35-7-3-4-8-39(35)58/h3-4,7-12,22-25,30,33,40,58H,5-6,13-21,26-28H2,1-2H3,(H2,48,52)(H,50,59,61)/t30-,33-,40-/m0/s1. The highest BCUT2D eigenvalue weighted by atomic mass is 19.1. The Hall–Kier alpha value is -6.13. The third kappa shape index (κ3) is 8.40. The van der Waals surface area contributed by atoms with E-state index in [1.165, 1.54) is 0 Å². The minimum atomic E-state index is -1.38. The number of benzene rings is 2. The van der Waals surface area contributed by atoms with Gasteiger partial charge in [0.25, 0.3) is 5.91 Å². The number of piperidine rings is 1. The number of nitrogens with two attached hydrogens (primary N) is 1. The summed E-state index contributed by atoms with van der Waals surface area (Å²) in [6.07, 6.45) is 6.98. The number of aryl methyl sites for hydroxylation is 1. The molecule has 15 nitrogen and oxygen atoms in total. The lowest BCUT2D eigenvalue weighted by molar-refractivity contribution is -0.120. The quantitative estimate of drug-likeness (QED) is 0.163. The van der Waals surface area contributed by atoms with E-state index >= 15 is 4.39 Å². The van der Waals surface area contributed by atoms with Gasteiger partial charge in [0.15, 0.2) is 5.82 Å². The second kappa shape index (κ2) is 17.0. The predicted octanol–water partition coefficient (Wildman–Crippen LogP) is 6.17. The third-order valence-corrected chi connectivity index (χ3v) is 13.0. The molecule has 2 aromatic carbocycles. The number of carbonyl (C=O) groups is 3. The Morgan fingerprint density at radius 2 is 1.79 bits per heavy atom. The van der Waals surface area contributed by atoms with E-state index in [-0.39, 0.29) is 60.9 Å². The van der Waals surface area contributed by atoms with Crippen molar-refractivity contribution in [2.75, 3.05) is 67.9 Å². The third-order valence-electron chi connectivity index (χ3n) is 13.0. The van der Waals surface area contributed by atoms with Crippen molar-refractivity contribution in [2.45, 2.75) is 76.3 Å². The predicted molar refractivity (Wildman–Crippen MR) is 234 cm³/mol. The maximum atomic E-state index is 16.5. The smallest absolute Gasteiger partial charge is 0.328 e. The molecule has 4 saturated heterocycles. The van der Waals surface area contributed by atoms with Gasteiger partial charge in [0.05, 0.1) is 29.4 Å². The molecule has 0 unspecified atom stereocenters. The average Bonchev–Trinajstić information content (AvgIpc) is 3.42. The van der Waals surface area contributed by atoms with Gasteiger partial charge in [-0.3, -0.25) is 19.8 Å². The minimum Gasteiger partial charge on any atom is -0.507 e. The fourth-order valence-corrected chi connectivity index (χ4v) is 9.58. The number of alkyl halides is 1. The molecule has 4 N–H and O–H groups in total. The number of hydrogen-bond donors (Lipinski definition) is 3. The number of morpholine rings is 1. The van der Waals surface area contributed by atoms with Crippen molar-refractivity contribution in [3.8, 4) is 17.0 Å². The summed E-state index contributed by atoms with van der Waals surface area (Å²) < 4.78 is 25.1. The lowest BCUT2D eigenvalue weighted by Gasteiger charge is -2.39. The Morgan fingerprint density at radius 3 is 2.56 bits per heavy atom. The molecule has 324 valence electrons. The van der Waals surface area contributed by atoms with Gasteiger partial charge in [0.2, 0.25) is 5.91 Å². The molecule has 3 atom stereocenters. The number of amides is 4. The zero-order chi connectivity index (χ0) is 43.1. The van der Waals surface area contributed by atoms with E-state index in [1.54, 1.807) is 34.2 Å². The van der Waals surface area contributed by atoms with Gasteiger partial charge in [-0.1, -0.05) is 24.3 Å². The Labute approximate surface area is 359 Å². The van der Waals surface area contributed by atoms with Crippen LogP contribution < -0.4 is 20.9 Å². The second-order valence-electron chi connectivity index (χ2n) is 17.3. The van der Waals surface area contributed by atoms with Crippen LogP contribution >= 0.6 is 0 Å². The molecule has 4 aliphatic heterocycles. The number of rotatable bonds is 8. The number of pyridine rings is 1. The zero-order valence-electron chi connectivity index (χ0n) is 35.2. The molecule has 4 fully saturated rings. The van der Waals surface area contributed by atoms with Crippen LogP contribution in [0.4, 0.5) is 26.4 Å². The number of phenols is 1. The maximum Gasteiger partial charge on any atom is 0.328 e. The summed E-state index contributed by atoms with van der Waals surface area (Å²) >= 11 is 0. The number of phenolic OH excluding ortho intramolecular Hbond substituents is 1.